The molecule has 1 heterocycles. The molecule has 3 amide bonds. The second-order valence-corrected chi connectivity index (χ2v) is 9.02. The predicted molar refractivity (Wildman–Crippen MR) is 146 cm³/mol. The van der Waals surface area contributed by atoms with Gasteiger partial charge < -0.3 is 5.32 Å². The molecule has 1 aliphatic rings. The van der Waals surface area contributed by atoms with Crippen molar-refractivity contribution >= 4 is 35.3 Å². The lowest BCUT2D eigenvalue weighted by molar-refractivity contribution is 0.0641. The summed E-state index contributed by atoms with van der Waals surface area (Å²) in [5.41, 5.74) is 4.74. The quantitative estimate of drug-likeness (QED) is 0.193. The Bertz CT molecular complexity index is 1550. The summed E-state index contributed by atoms with van der Waals surface area (Å²) in [6, 6.07) is 28.2. The van der Waals surface area contributed by atoms with Gasteiger partial charge in [-0.2, -0.15) is 0 Å². The predicted octanol–water partition coefficient (Wildman–Crippen LogP) is 5.94. The maximum atomic E-state index is 13.0. The number of nitrogens with zero attached hydrogens (tertiary/aromatic N) is 1. The van der Waals surface area contributed by atoms with E-state index in [1.54, 1.807) is 72.8 Å². The third-order valence-corrected chi connectivity index (χ3v) is 6.47. The van der Waals surface area contributed by atoms with Crippen LogP contribution in [0.15, 0.2) is 103 Å². The van der Waals surface area contributed by atoms with Crippen molar-refractivity contribution in [1.29, 1.82) is 0 Å². The molecule has 0 radical (unpaired) electrons. The second-order valence-electron chi connectivity index (χ2n) is 9.02. The van der Waals surface area contributed by atoms with Crippen LogP contribution >= 0.6 is 0 Å². The minimum absolute atomic E-state index is 0.0760. The first-order valence-corrected chi connectivity index (χ1v) is 12.1. The minimum atomic E-state index is -0.340. The highest BCUT2D eigenvalue weighted by atomic mass is 16.2. The highest BCUT2D eigenvalue weighted by molar-refractivity contribution is 6.21. The number of amides is 3. The number of imide groups is 1. The van der Waals surface area contributed by atoms with E-state index in [4.69, 9.17) is 0 Å². The number of hydrogen-bond acceptors (Lipinski definition) is 4. The molecule has 1 aliphatic heterocycles. The van der Waals surface area contributed by atoms with Gasteiger partial charge in [0.25, 0.3) is 17.7 Å². The Morgan fingerprint density at radius 2 is 1.37 bits per heavy atom. The molecule has 186 valence electrons. The van der Waals surface area contributed by atoms with Gasteiger partial charge in [0, 0.05) is 16.8 Å². The maximum Gasteiger partial charge on any atom is 0.261 e. The van der Waals surface area contributed by atoms with Crippen LogP contribution in [0.3, 0.4) is 0 Å². The van der Waals surface area contributed by atoms with Gasteiger partial charge in [0.15, 0.2) is 5.78 Å². The zero-order valence-corrected chi connectivity index (χ0v) is 20.7. The number of aryl methyl sites for hydroxylation is 1. The topological polar surface area (TPSA) is 83.6 Å². The van der Waals surface area contributed by atoms with Crippen molar-refractivity contribution in [2.45, 2.75) is 13.5 Å². The van der Waals surface area contributed by atoms with Crippen molar-refractivity contribution in [1.82, 2.24) is 4.90 Å². The number of carbonyl (C=O) groups excluding carboxylic acids is 4. The van der Waals surface area contributed by atoms with E-state index in [2.05, 4.69) is 5.32 Å². The van der Waals surface area contributed by atoms with Crippen molar-refractivity contribution in [2.24, 2.45) is 0 Å². The second kappa shape index (κ2) is 10.5. The van der Waals surface area contributed by atoms with Crippen molar-refractivity contribution in [3.8, 4) is 0 Å². The van der Waals surface area contributed by atoms with Crippen molar-refractivity contribution < 1.29 is 19.2 Å². The minimum Gasteiger partial charge on any atom is -0.322 e. The molecule has 38 heavy (non-hydrogen) atoms. The lowest BCUT2D eigenvalue weighted by Gasteiger charge is -2.16. The average Bonchev–Trinajstić information content (AvgIpc) is 3.18. The van der Waals surface area contributed by atoms with E-state index in [0.29, 0.717) is 33.5 Å². The SMILES string of the molecule is Cc1ccc(C(=O)Nc2ccc(C(=O)/C=C/c3ccccc3)cc2)cc1CN1C(=O)c2ccccc2C1=O. The first-order chi connectivity index (χ1) is 18.4. The van der Waals surface area contributed by atoms with Crippen LogP contribution < -0.4 is 5.32 Å². The van der Waals surface area contributed by atoms with Gasteiger partial charge in [-0.25, -0.2) is 0 Å². The van der Waals surface area contributed by atoms with Gasteiger partial charge in [0.1, 0.15) is 0 Å². The molecule has 6 heteroatoms. The third-order valence-electron chi connectivity index (χ3n) is 6.47. The summed E-state index contributed by atoms with van der Waals surface area (Å²) in [5.74, 6) is -1.15. The summed E-state index contributed by atoms with van der Waals surface area (Å²) >= 11 is 0. The van der Waals surface area contributed by atoms with Crippen molar-refractivity contribution in [3.63, 3.8) is 0 Å². The van der Waals surface area contributed by atoms with Crippen molar-refractivity contribution in [3.05, 3.63) is 142 Å². The lowest BCUT2D eigenvalue weighted by Crippen LogP contribution is -2.29. The van der Waals surface area contributed by atoms with Gasteiger partial charge in [0.2, 0.25) is 0 Å². The van der Waals surface area contributed by atoms with Gasteiger partial charge in [-0.05, 0) is 78.2 Å². The van der Waals surface area contributed by atoms with E-state index < -0.39 is 0 Å². The molecule has 4 aromatic rings. The Morgan fingerprint density at radius 3 is 2.03 bits per heavy atom. The molecule has 6 nitrogen and oxygen atoms in total. The highest BCUT2D eigenvalue weighted by Gasteiger charge is 2.35. The van der Waals surface area contributed by atoms with Gasteiger partial charge in [-0.1, -0.05) is 54.6 Å². The van der Waals surface area contributed by atoms with Gasteiger partial charge in [0.05, 0.1) is 17.7 Å². The van der Waals surface area contributed by atoms with E-state index in [-0.39, 0.29) is 30.0 Å². The van der Waals surface area contributed by atoms with Gasteiger partial charge in [-0.3, -0.25) is 24.1 Å². The molecule has 1 N–H and O–H groups in total. The first-order valence-electron chi connectivity index (χ1n) is 12.1. The van der Waals surface area contributed by atoms with Crippen LogP contribution in [0.4, 0.5) is 5.69 Å². The summed E-state index contributed by atoms with van der Waals surface area (Å²) < 4.78 is 0. The van der Waals surface area contributed by atoms with Crippen LogP contribution in [-0.4, -0.2) is 28.4 Å². The number of carbonyl (C=O) groups is 4. The average molecular weight is 501 g/mol. The fourth-order valence-electron chi connectivity index (χ4n) is 4.29. The van der Waals surface area contributed by atoms with Crippen molar-refractivity contribution in [2.75, 3.05) is 5.32 Å². The Hall–Kier alpha value is -5.10. The molecular weight excluding hydrogens is 476 g/mol. The molecule has 0 saturated heterocycles. The number of rotatable bonds is 7. The molecule has 0 unspecified atom stereocenters. The van der Waals surface area contributed by atoms with E-state index >= 15 is 0 Å². The number of nitrogens with one attached hydrogen (secondary N) is 1. The molecule has 0 atom stereocenters. The zero-order chi connectivity index (χ0) is 26.6. The fourth-order valence-corrected chi connectivity index (χ4v) is 4.29. The smallest absolute Gasteiger partial charge is 0.261 e. The number of ketones is 1. The summed E-state index contributed by atoms with van der Waals surface area (Å²) in [7, 11) is 0. The third kappa shape index (κ3) is 5.06. The molecule has 4 aromatic carbocycles. The monoisotopic (exact) mass is 500 g/mol. The fraction of sp³-hybridized carbons (Fsp3) is 0.0625. The van der Waals surface area contributed by atoms with Crippen LogP contribution in [0.1, 0.15) is 58.1 Å². The highest BCUT2D eigenvalue weighted by Crippen LogP contribution is 2.25. The zero-order valence-electron chi connectivity index (χ0n) is 20.7. The molecule has 0 saturated carbocycles. The van der Waals surface area contributed by atoms with E-state index in [1.807, 2.05) is 37.3 Å². The summed E-state index contributed by atoms with van der Waals surface area (Å²) in [5, 5.41) is 2.84. The molecule has 0 spiro atoms. The Balaban J connectivity index is 1.26. The molecule has 0 aliphatic carbocycles. The van der Waals surface area contributed by atoms with E-state index in [9.17, 15) is 19.2 Å². The Kier molecular flexibility index (Phi) is 6.78. The molecule has 0 fully saturated rings. The molecule has 0 aromatic heterocycles. The molecule has 0 bridgehead atoms. The molecule has 5 rings (SSSR count). The Labute approximate surface area is 220 Å². The number of hydrogen-bond donors (Lipinski definition) is 1. The normalized spacial score (nSPS) is 12.6. The van der Waals surface area contributed by atoms with E-state index in [1.165, 1.54) is 11.0 Å². The van der Waals surface area contributed by atoms with Gasteiger partial charge in [-0.15, -0.1) is 0 Å². The number of benzene rings is 4. The van der Waals surface area contributed by atoms with Crippen LogP contribution in [-0.2, 0) is 6.54 Å². The van der Waals surface area contributed by atoms with Crippen LogP contribution in [0.25, 0.3) is 6.08 Å². The van der Waals surface area contributed by atoms with Crippen LogP contribution in [0.5, 0.6) is 0 Å². The number of anilines is 1. The molecular formula is C32H24N2O4. The Morgan fingerprint density at radius 1 is 0.763 bits per heavy atom. The number of allylic oxidation sites excluding steroid dienone is 1. The summed E-state index contributed by atoms with van der Waals surface area (Å²) in [4.78, 5) is 52.2. The standard InChI is InChI=1S/C32H24N2O4/c1-21-11-13-24(19-25(21)20-34-31(37)27-9-5-6-10-28(27)32(34)38)30(36)33-26-16-14-23(15-17-26)29(35)18-12-22-7-3-2-4-8-22/h2-19H,20H2,1H3,(H,33,36)/b18-12+. The van der Waals surface area contributed by atoms with Crippen LogP contribution in [0.2, 0.25) is 0 Å². The lowest BCUT2D eigenvalue weighted by atomic mass is 10.0. The number of fused-ring (bicyclic) bond motifs is 1. The summed E-state index contributed by atoms with van der Waals surface area (Å²) in [6.45, 7) is 1.95. The summed E-state index contributed by atoms with van der Waals surface area (Å²) in [6.07, 6.45) is 3.28. The van der Waals surface area contributed by atoms with Gasteiger partial charge >= 0.3 is 0 Å². The van der Waals surface area contributed by atoms with E-state index in [0.717, 1.165) is 11.1 Å². The maximum absolute atomic E-state index is 13.0. The van der Waals surface area contributed by atoms with Crippen LogP contribution in [0, 0.1) is 6.92 Å². The first kappa shape index (κ1) is 24.6. The largest absolute Gasteiger partial charge is 0.322 e.